The lowest BCUT2D eigenvalue weighted by atomic mass is 9.94. The summed E-state index contributed by atoms with van der Waals surface area (Å²) < 4.78 is 14.8. The summed E-state index contributed by atoms with van der Waals surface area (Å²) >= 11 is 0. The number of benzene rings is 1. The molecule has 1 atom stereocenters. The highest BCUT2D eigenvalue weighted by molar-refractivity contribution is 6.02. The Balaban J connectivity index is 1.30. The first kappa shape index (κ1) is 24.3. The second-order valence-electron chi connectivity index (χ2n) is 10.1. The van der Waals surface area contributed by atoms with E-state index >= 15 is 0 Å². The van der Waals surface area contributed by atoms with E-state index in [1.165, 1.54) is 16.8 Å². The third-order valence-electron chi connectivity index (χ3n) is 7.77. The normalized spacial score (nSPS) is 22.6. The lowest BCUT2D eigenvalue weighted by molar-refractivity contribution is -0.133. The number of carbonyl (C=O) groups is 3. The van der Waals surface area contributed by atoms with Crippen molar-refractivity contribution in [2.45, 2.75) is 57.7 Å². The van der Waals surface area contributed by atoms with Crippen molar-refractivity contribution in [2.24, 2.45) is 0 Å². The van der Waals surface area contributed by atoms with Crippen molar-refractivity contribution in [3.05, 3.63) is 47.5 Å². The zero-order valence-corrected chi connectivity index (χ0v) is 20.9. The van der Waals surface area contributed by atoms with E-state index in [0.717, 1.165) is 31.4 Å². The molecule has 10 heteroatoms. The number of piperazine rings is 1. The molecule has 3 heterocycles. The van der Waals surface area contributed by atoms with Gasteiger partial charge in [-0.3, -0.25) is 19.1 Å². The fourth-order valence-corrected chi connectivity index (χ4v) is 5.63. The summed E-state index contributed by atoms with van der Waals surface area (Å²) in [5, 5.41) is 7.62. The fraction of sp³-hybridized carbons (Fsp3) is 0.538. The van der Waals surface area contributed by atoms with Gasteiger partial charge in [0, 0.05) is 50.5 Å². The number of anilines is 1. The molecule has 5 rings (SSSR count). The van der Waals surface area contributed by atoms with Gasteiger partial charge < -0.3 is 20.0 Å². The molecule has 2 aliphatic heterocycles. The maximum absolute atomic E-state index is 13.4. The lowest BCUT2D eigenvalue weighted by Crippen LogP contribution is -2.64. The molecule has 0 bridgehead atoms. The highest BCUT2D eigenvalue weighted by atomic mass is 19.1. The van der Waals surface area contributed by atoms with Crippen LogP contribution in [-0.4, -0.2) is 81.6 Å². The molecule has 1 saturated carbocycles. The van der Waals surface area contributed by atoms with E-state index in [9.17, 15) is 18.8 Å². The van der Waals surface area contributed by atoms with Crippen LogP contribution < -0.4 is 10.2 Å². The molecule has 1 unspecified atom stereocenters. The molecule has 1 aromatic carbocycles. The number of carbonyl (C=O) groups excluding carboxylic acids is 3. The third-order valence-corrected chi connectivity index (χ3v) is 7.77. The number of nitrogens with one attached hydrogen (secondary N) is 1. The number of fused-ring (bicyclic) bond motifs is 1. The Morgan fingerprint density at radius 3 is 2.42 bits per heavy atom. The van der Waals surface area contributed by atoms with Crippen molar-refractivity contribution in [1.29, 1.82) is 0 Å². The molecule has 9 nitrogen and oxygen atoms in total. The zero-order valence-electron chi connectivity index (χ0n) is 20.9. The molecule has 2 aromatic rings. The molecule has 2 fully saturated rings. The monoisotopic (exact) mass is 496 g/mol. The second-order valence-corrected chi connectivity index (χ2v) is 10.1. The summed E-state index contributed by atoms with van der Waals surface area (Å²) in [7, 11) is 0. The van der Waals surface area contributed by atoms with Gasteiger partial charge in [-0.25, -0.2) is 4.39 Å². The minimum absolute atomic E-state index is 0.146. The van der Waals surface area contributed by atoms with Crippen LogP contribution in [0, 0.1) is 5.82 Å². The summed E-state index contributed by atoms with van der Waals surface area (Å²) in [6.45, 7) is 6.44. The molecule has 1 saturated heterocycles. The standard InChI is InChI=1S/C26H33FN6O3/c1-3-32-24(35)22-16-21(29-33(22)17-26(32,2)25(36)28-19-6-4-5-7-19)23(34)31-14-12-30(13-15-31)20-10-8-18(27)9-11-20/h8-11,16,19H,3-7,12-15,17H2,1-2H3,(H,28,36). The molecular weight excluding hydrogens is 463 g/mol. The van der Waals surface area contributed by atoms with Crippen LogP contribution >= 0.6 is 0 Å². The maximum Gasteiger partial charge on any atom is 0.274 e. The van der Waals surface area contributed by atoms with Crippen LogP contribution in [0.25, 0.3) is 0 Å². The summed E-state index contributed by atoms with van der Waals surface area (Å²) in [5.41, 5.74) is 0.386. The first-order chi connectivity index (χ1) is 17.3. The Bertz CT molecular complexity index is 1150. The van der Waals surface area contributed by atoms with Gasteiger partial charge in [-0.15, -0.1) is 0 Å². The molecule has 3 aliphatic rings. The van der Waals surface area contributed by atoms with E-state index in [-0.39, 0.29) is 41.8 Å². The Labute approximate surface area is 210 Å². The number of hydrogen-bond donors (Lipinski definition) is 1. The van der Waals surface area contributed by atoms with Crippen molar-refractivity contribution in [2.75, 3.05) is 37.6 Å². The largest absolute Gasteiger partial charge is 0.368 e. The van der Waals surface area contributed by atoms with Gasteiger partial charge >= 0.3 is 0 Å². The Kier molecular flexibility index (Phi) is 6.44. The molecule has 1 N–H and O–H groups in total. The van der Waals surface area contributed by atoms with Gasteiger partial charge in [-0.05, 0) is 51.0 Å². The smallest absolute Gasteiger partial charge is 0.274 e. The van der Waals surface area contributed by atoms with Crippen molar-refractivity contribution in [3.63, 3.8) is 0 Å². The van der Waals surface area contributed by atoms with Gasteiger partial charge in [0.2, 0.25) is 5.91 Å². The van der Waals surface area contributed by atoms with Gasteiger partial charge in [-0.2, -0.15) is 5.10 Å². The van der Waals surface area contributed by atoms with Crippen molar-refractivity contribution in [1.82, 2.24) is 24.9 Å². The Hall–Kier alpha value is -3.43. The molecule has 0 spiro atoms. The second kappa shape index (κ2) is 9.55. The lowest BCUT2D eigenvalue weighted by Gasteiger charge is -2.43. The number of aromatic nitrogens is 2. The minimum atomic E-state index is -1.07. The SMILES string of the molecule is CCN1C(=O)c2cc(C(=O)N3CCN(c4ccc(F)cc4)CC3)nn2CC1(C)C(=O)NC1CCCC1. The van der Waals surface area contributed by atoms with Crippen LogP contribution in [-0.2, 0) is 11.3 Å². The summed E-state index contributed by atoms with van der Waals surface area (Å²) in [6.07, 6.45) is 4.13. The molecule has 1 aromatic heterocycles. The Morgan fingerprint density at radius 2 is 1.78 bits per heavy atom. The maximum atomic E-state index is 13.4. The van der Waals surface area contributed by atoms with Crippen LogP contribution in [0.3, 0.4) is 0 Å². The van der Waals surface area contributed by atoms with E-state index in [4.69, 9.17) is 0 Å². The number of rotatable bonds is 5. The predicted octanol–water partition coefficient (Wildman–Crippen LogP) is 2.28. The highest BCUT2D eigenvalue weighted by Gasteiger charge is 2.48. The van der Waals surface area contributed by atoms with Gasteiger partial charge in [0.05, 0.1) is 6.54 Å². The average Bonchev–Trinajstić information content (AvgIpc) is 3.54. The first-order valence-electron chi connectivity index (χ1n) is 12.8. The van der Waals surface area contributed by atoms with E-state index < -0.39 is 5.54 Å². The summed E-state index contributed by atoms with van der Waals surface area (Å²) in [4.78, 5) is 45.4. The van der Waals surface area contributed by atoms with E-state index in [2.05, 4.69) is 15.3 Å². The summed E-state index contributed by atoms with van der Waals surface area (Å²) in [6, 6.07) is 8.03. The van der Waals surface area contributed by atoms with Crippen LogP contribution in [0.4, 0.5) is 10.1 Å². The fourth-order valence-electron chi connectivity index (χ4n) is 5.63. The number of halogens is 1. The van der Waals surface area contributed by atoms with E-state index in [1.54, 1.807) is 34.9 Å². The van der Waals surface area contributed by atoms with E-state index in [0.29, 0.717) is 38.4 Å². The van der Waals surface area contributed by atoms with Crippen molar-refractivity contribution < 1.29 is 18.8 Å². The van der Waals surface area contributed by atoms with Crippen molar-refractivity contribution >= 4 is 23.4 Å². The molecule has 36 heavy (non-hydrogen) atoms. The Morgan fingerprint density at radius 1 is 1.11 bits per heavy atom. The van der Waals surface area contributed by atoms with E-state index in [1.807, 2.05) is 6.92 Å². The average molecular weight is 497 g/mol. The van der Waals surface area contributed by atoms with Crippen LogP contribution in [0.15, 0.2) is 30.3 Å². The topological polar surface area (TPSA) is 90.8 Å². The van der Waals surface area contributed by atoms with Crippen LogP contribution in [0.1, 0.15) is 60.5 Å². The molecule has 192 valence electrons. The van der Waals surface area contributed by atoms with Crippen LogP contribution in [0.2, 0.25) is 0 Å². The van der Waals surface area contributed by atoms with Crippen molar-refractivity contribution in [3.8, 4) is 0 Å². The number of nitrogens with zero attached hydrogens (tertiary/aromatic N) is 5. The number of hydrogen-bond acceptors (Lipinski definition) is 5. The number of likely N-dealkylation sites (N-methyl/N-ethyl adjacent to an activating group) is 1. The van der Waals surface area contributed by atoms with Crippen LogP contribution in [0.5, 0.6) is 0 Å². The zero-order chi connectivity index (χ0) is 25.4. The van der Waals surface area contributed by atoms with Gasteiger partial charge in [0.15, 0.2) is 5.69 Å². The summed E-state index contributed by atoms with van der Waals surface area (Å²) in [5.74, 6) is -0.973. The highest BCUT2D eigenvalue weighted by Crippen LogP contribution is 2.29. The molecular formula is C26H33FN6O3. The third kappa shape index (κ3) is 4.33. The quantitative estimate of drug-likeness (QED) is 0.686. The first-order valence-corrected chi connectivity index (χ1v) is 12.8. The molecule has 3 amide bonds. The van der Waals surface area contributed by atoms with Gasteiger partial charge in [0.1, 0.15) is 17.1 Å². The molecule has 1 aliphatic carbocycles. The van der Waals surface area contributed by atoms with Gasteiger partial charge in [-0.1, -0.05) is 12.8 Å². The van der Waals surface area contributed by atoms with Gasteiger partial charge in [0.25, 0.3) is 11.8 Å². The number of amides is 3. The minimum Gasteiger partial charge on any atom is -0.368 e. The predicted molar refractivity (Wildman–Crippen MR) is 132 cm³/mol. The molecule has 0 radical (unpaired) electrons.